The van der Waals surface area contributed by atoms with E-state index < -0.39 is 0 Å². The highest BCUT2D eigenvalue weighted by atomic mass is 32.2. The third-order valence-electron chi connectivity index (χ3n) is 4.47. The summed E-state index contributed by atoms with van der Waals surface area (Å²) in [6.45, 7) is 1.51. The molecule has 0 radical (unpaired) electrons. The number of amides is 1. The maximum atomic E-state index is 12.7. The highest BCUT2D eigenvalue weighted by Gasteiger charge is 2.20. The highest BCUT2D eigenvalue weighted by molar-refractivity contribution is 7.99. The molecule has 1 fully saturated rings. The van der Waals surface area contributed by atoms with E-state index in [0.717, 1.165) is 29.3 Å². The van der Waals surface area contributed by atoms with Crippen LogP contribution in [-0.4, -0.2) is 56.8 Å². The lowest BCUT2D eigenvalue weighted by Gasteiger charge is -2.27. The van der Waals surface area contributed by atoms with Gasteiger partial charge in [0.15, 0.2) is 5.82 Å². The molecule has 9 nitrogen and oxygen atoms in total. The molecule has 0 atom stereocenters. The predicted octanol–water partition coefficient (Wildman–Crippen LogP) is 1.09. The fraction of sp³-hybridized carbons (Fsp3) is 0.333. The SMILES string of the molecule is COc1ccccc1NC(=O)Cn1nc2c(N3CCSCC3)nccn2c1=O. The number of anilines is 2. The van der Waals surface area contributed by atoms with Crippen LogP contribution in [0.1, 0.15) is 0 Å². The Hall–Kier alpha value is -3.01. The first-order chi connectivity index (χ1) is 13.7. The summed E-state index contributed by atoms with van der Waals surface area (Å²) in [5.41, 5.74) is 0.629. The van der Waals surface area contributed by atoms with E-state index in [2.05, 4.69) is 20.3 Å². The third kappa shape index (κ3) is 3.55. The molecule has 1 aromatic carbocycles. The lowest BCUT2D eigenvalue weighted by molar-refractivity contribution is -0.117. The Kier molecular flexibility index (Phi) is 5.20. The molecule has 10 heteroatoms. The number of para-hydroxylation sites is 2. The molecule has 1 N–H and O–H groups in total. The van der Waals surface area contributed by atoms with Crippen molar-refractivity contribution in [1.29, 1.82) is 0 Å². The van der Waals surface area contributed by atoms with Gasteiger partial charge in [-0.2, -0.15) is 11.8 Å². The fourth-order valence-corrected chi connectivity index (χ4v) is 4.01. The van der Waals surface area contributed by atoms with Gasteiger partial charge in [0.05, 0.1) is 12.8 Å². The number of nitrogens with zero attached hydrogens (tertiary/aromatic N) is 5. The fourth-order valence-electron chi connectivity index (χ4n) is 3.11. The molecule has 1 saturated heterocycles. The molecule has 0 aliphatic carbocycles. The van der Waals surface area contributed by atoms with Crippen molar-refractivity contribution in [3.05, 3.63) is 47.1 Å². The van der Waals surface area contributed by atoms with Gasteiger partial charge in [-0.05, 0) is 12.1 Å². The third-order valence-corrected chi connectivity index (χ3v) is 5.41. The summed E-state index contributed by atoms with van der Waals surface area (Å²) in [4.78, 5) is 31.7. The van der Waals surface area contributed by atoms with Crippen molar-refractivity contribution in [1.82, 2.24) is 19.2 Å². The van der Waals surface area contributed by atoms with Crippen molar-refractivity contribution >= 4 is 34.8 Å². The van der Waals surface area contributed by atoms with E-state index in [1.165, 1.54) is 11.5 Å². The monoisotopic (exact) mass is 400 g/mol. The molecule has 0 spiro atoms. The minimum atomic E-state index is -0.375. The van der Waals surface area contributed by atoms with Crippen LogP contribution >= 0.6 is 11.8 Å². The molecule has 0 unspecified atom stereocenters. The van der Waals surface area contributed by atoms with Gasteiger partial charge in [0.2, 0.25) is 11.6 Å². The van der Waals surface area contributed by atoms with Crippen LogP contribution in [0.25, 0.3) is 5.65 Å². The molecule has 3 aromatic rings. The smallest absolute Gasteiger partial charge is 0.350 e. The van der Waals surface area contributed by atoms with Gasteiger partial charge in [0, 0.05) is 37.0 Å². The molecule has 28 heavy (non-hydrogen) atoms. The second-order valence-electron chi connectivity index (χ2n) is 6.23. The topological polar surface area (TPSA) is 93.8 Å². The van der Waals surface area contributed by atoms with Crippen molar-refractivity contribution < 1.29 is 9.53 Å². The molecule has 0 saturated carbocycles. The Bertz CT molecular complexity index is 1060. The molecule has 1 amide bonds. The number of benzene rings is 1. The van der Waals surface area contributed by atoms with Crippen LogP contribution in [0, 0.1) is 0 Å². The first-order valence-electron chi connectivity index (χ1n) is 8.87. The second kappa shape index (κ2) is 7.93. The number of rotatable bonds is 5. The van der Waals surface area contributed by atoms with E-state index in [1.807, 2.05) is 17.8 Å². The van der Waals surface area contributed by atoms with E-state index in [-0.39, 0.29) is 18.1 Å². The van der Waals surface area contributed by atoms with Crippen molar-refractivity contribution in [2.45, 2.75) is 6.54 Å². The Morgan fingerprint density at radius 2 is 2.07 bits per heavy atom. The van der Waals surface area contributed by atoms with Gasteiger partial charge in [0.1, 0.15) is 12.3 Å². The minimum absolute atomic E-state index is 0.201. The first-order valence-corrected chi connectivity index (χ1v) is 10.0. The van der Waals surface area contributed by atoms with Gasteiger partial charge in [-0.25, -0.2) is 18.9 Å². The summed E-state index contributed by atoms with van der Waals surface area (Å²) < 4.78 is 7.82. The maximum absolute atomic E-state index is 12.7. The van der Waals surface area contributed by atoms with Gasteiger partial charge >= 0.3 is 5.69 Å². The van der Waals surface area contributed by atoms with Crippen LogP contribution < -0.4 is 20.6 Å². The number of fused-ring (bicyclic) bond motifs is 1. The average Bonchev–Trinajstić information content (AvgIpc) is 3.04. The van der Waals surface area contributed by atoms with Crippen LogP contribution in [0.3, 0.4) is 0 Å². The number of ether oxygens (including phenoxy) is 1. The molecule has 2 aromatic heterocycles. The zero-order valence-corrected chi connectivity index (χ0v) is 16.2. The number of methoxy groups -OCH3 is 1. The van der Waals surface area contributed by atoms with Gasteiger partial charge in [-0.15, -0.1) is 5.10 Å². The van der Waals surface area contributed by atoms with Crippen molar-refractivity contribution in [3.63, 3.8) is 0 Å². The Morgan fingerprint density at radius 1 is 1.29 bits per heavy atom. The number of nitrogens with one attached hydrogen (secondary N) is 1. The van der Waals surface area contributed by atoms with E-state index in [0.29, 0.717) is 22.9 Å². The quantitative estimate of drug-likeness (QED) is 0.685. The van der Waals surface area contributed by atoms with E-state index in [4.69, 9.17) is 4.74 Å². The standard InChI is InChI=1S/C18H20N6O3S/c1-27-14-5-3-2-4-13(14)20-15(25)12-24-18(26)23-7-6-19-16(17(23)21-24)22-8-10-28-11-9-22/h2-7H,8-12H2,1H3,(H,20,25). The van der Waals surface area contributed by atoms with Crippen LogP contribution in [0.5, 0.6) is 5.75 Å². The van der Waals surface area contributed by atoms with Crippen LogP contribution in [-0.2, 0) is 11.3 Å². The zero-order chi connectivity index (χ0) is 19.5. The normalized spacial score (nSPS) is 14.2. The molecular formula is C18H20N6O3S. The van der Waals surface area contributed by atoms with E-state index in [1.54, 1.807) is 30.6 Å². The average molecular weight is 400 g/mol. The van der Waals surface area contributed by atoms with Crippen molar-refractivity contribution in [2.75, 3.05) is 41.9 Å². The minimum Gasteiger partial charge on any atom is -0.495 e. The first kappa shape index (κ1) is 18.4. The Labute approximate surface area is 165 Å². The predicted molar refractivity (Wildman–Crippen MR) is 108 cm³/mol. The Balaban J connectivity index is 1.59. The number of aromatic nitrogens is 4. The molecule has 0 bridgehead atoms. The molecule has 4 rings (SSSR count). The largest absolute Gasteiger partial charge is 0.495 e. The number of carbonyl (C=O) groups excluding carboxylic acids is 1. The Morgan fingerprint density at radius 3 is 2.86 bits per heavy atom. The highest BCUT2D eigenvalue weighted by Crippen LogP contribution is 2.23. The van der Waals surface area contributed by atoms with Crippen molar-refractivity contribution in [2.24, 2.45) is 0 Å². The number of hydrogen-bond donors (Lipinski definition) is 1. The summed E-state index contributed by atoms with van der Waals surface area (Å²) in [5.74, 6) is 2.87. The van der Waals surface area contributed by atoms with E-state index >= 15 is 0 Å². The second-order valence-corrected chi connectivity index (χ2v) is 7.46. The molecule has 1 aliphatic heterocycles. The van der Waals surface area contributed by atoms with Gasteiger partial charge in [0.25, 0.3) is 0 Å². The van der Waals surface area contributed by atoms with Crippen LogP contribution in [0.2, 0.25) is 0 Å². The van der Waals surface area contributed by atoms with E-state index in [9.17, 15) is 9.59 Å². The zero-order valence-electron chi connectivity index (χ0n) is 15.4. The van der Waals surface area contributed by atoms with Gasteiger partial charge < -0.3 is 15.0 Å². The molecular weight excluding hydrogens is 380 g/mol. The number of thioether (sulfide) groups is 1. The maximum Gasteiger partial charge on any atom is 0.350 e. The van der Waals surface area contributed by atoms with Crippen LogP contribution in [0.15, 0.2) is 41.5 Å². The summed E-state index contributed by atoms with van der Waals surface area (Å²) in [7, 11) is 1.53. The summed E-state index contributed by atoms with van der Waals surface area (Å²) >= 11 is 1.89. The number of hydrogen-bond acceptors (Lipinski definition) is 7. The van der Waals surface area contributed by atoms with Gasteiger partial charge in [-0.3, -0.25) is 4.79 Å². The lowest BCUT2D eigenvalue weighted by Crippen LogP contribution is -2.33. The summed E-state index contributed by atoms with van der Waals surface area (Å²) in [6.07, 6.45) is 3.16. The number of carbonyl (C=O) groups is 1. The van der Waals surface area contributed by atoms with Crippen molar-refractivity contribution in [3.8, 4) is 5.75 Å². The molecule has 146 valence electrons. The molecule has 1 aliphatic rings. The summed E-state index contributed by atoms with van der Waals surface area (Å²) in [6, 6.07) is 7.10. The summed E-state index contributed by atoms with van der Waals surface area (Å²) in [5, 5.41) is 7.13. The van der Waals surface area contributed by atoms with Crippen LogP contribution in [0.4, 0.5) is 11.5 Å². The van der Waals surface area contributed by atoms with Gasteiger partial charge in [-0.1, -0.05) is 12.1 Å². The molecule has 3 heterocycles. The lowest BCUT2D eigenvalue weighted by atomic mass is 10.3.